The Morgan fingerprint density at radius 2 is 2.12 bits per heavy atom. The van der Waals surface area contributed by atoms with Crippen LogP contribution in [-0.4, -0.2) is 19.9 Å². The molecule has 3 rings (SSSR count). The number of rotatable bonds is 1. The van der Waals surface area contributed by atoms with Crippen LogP contribution in [0.15, 0.2) is 36.8 Å². The fourth-order valence-electron chi connectivity index (χ4n) is 1.52. The van der Waals surface area contributed by atoms with Crippen molar-refractivity contribution in [2.75, 3.05) is 0 Å². The van der Waals surface area contributed by atoms with E-state index in [0.717, 1.165) is 0 Å². The predicted octanol–water partition coefficient (Wildman–Crippen LogP) is 2.16. The summed E-state index contributed by atoms with van der Waals surface area (Å²) in [5.41, 5.74) is 2.00. The summed E-state index contributed by atoms with van der Waals surface area (Å²) in [6, 6.07) is 4.41. The molecule has 1 N–H and O–H groups in total. The second kappa shape index (κ2) is 3.37. The molecule has 0 fully saturated rings. The van der Waals surface area contributed by atoms with Crippen molar-refractivity contribution in [1.82, 2.24) is 19.9 Å². The Morgan fingerprint density at radius 3 is 2.94 bits per heavy atom. The van der Waals surface area contributed by atoms with E-state index in [1.54, 1.807) is 24.7 Å². The van der Waals surface area contributed by atoms with Gasteiger partial charge in [-0.2, -0.15) is 0 Å². The molecule has 4 nitrogen and oxygen atoms in total. The molecule has 0 aliphatic heterocycles. The number of aromatic amines is 1. The van der Waals surface area contributed by atoms with Gasteiger partial charge in [0.25, 0.3) is 0 Å². The SMILES string of the molecule is Fc1ccc2nc(-c3cnccn3)[nH]c2c1. The van der Waals surface area contributed by atoms with E-state index in [1.165, 1.54) is 12.1 Å². The quantitative estimate of drug-likeness (QED) is 0.675. The summed E-state index contributed by atoms with van der Waals surface area (Å²) < 4.78 is 13.0. The van der Waals surface area contributed by atoms with Gasteiger partial charge in [-0.1, -0.05) is 0 Å². The molecular weight excluding hydrogens is 207 g/mol. The van der Waals surface area contributed by atoms with Crippen LogP contribution in [0.1, 0.15) is 0 Å². The van der Waals surface area contributed by atoms with Crippen LogP contribution in [0.5, 0.6) is 0 Å². The first-order valence-electron chi connectivity index (χ1n) is 4.74. The lowest BCUT2D eigenvalue weighted by Crippen LogP contribution is -1.85. The van der Waals surface area contributed by atoms with E-state index in [0.29, 0.717) is 22.6 Å². The van der Waals surface area contributed by atoms with E-state index in [-0.39, 0.29) is 5.82 Å². The summed E-state index contributed by atoms with van der Waals surface area (Å²) in [4.78, 5) is 15.4. The first-order chi connectivity index (χ1) is 7.83. The van der Waals surface area contributed by atoms with Gasteiger partial charge in [-0.25, -0.2) is 14.4 Å². The van der Waals surface area contributed by atoms with Gasteiger partial charge in [0.1, 0.15) is 11.5 Å². The van der Waals surface area contributed by atoms with Gasteiger partial charge in [0.15, 0.2) is 5.82 Å². The van der Waals surface area contributed by atoms with Gasteiger partial charge in [-0.15, -0.1) is 0 Å². The molecule has 0 bridgehead atoms. The molecule has 0 saturated carbocycles. The molecule has 3 aromatic rings. The average Bonchev–Trinajstić information content (AvgIpc) is 2.73. The molecule has 0 unspecified atom stereocenters. The van der Waals surface area contributed by atoms with Gasteiger partial charge >= 0.3 is 0 Å². The standard InChI is InChI=1S/C11H7FN4/c12-7-1-2-8-9(5-7)16-11(15-8)10-6-13-3-4-14-10/h1-6H,(H,15,16). The molecule has 5 heteroatoms. The smallest absolute Gasteiger partial charge is 0.158 e. The van der Waals surface area contributed by atoms with Crippen LogP contribution in [0.25, 0.3) is 22.6 Å². The predicted molar refractivity (Wildman–Crippen MR) is 57.1 cm³/mol. The van der Waals surface area contributed by atoms with Gasteiger partial charge in [0.2, 0.25) is 0 Å². The van der Waals surface area contributed by atoms with Crippen molar-refractivity contribution in [3.05, 3.63) is 42.6 Å². The van der Waals surface area contributed by atoms with Crippen LogP contribution in [-0.2, 0) is 0 Å². The number of nitrogens with one attached hydrogen (secondary N) is 1. The minimum Gasteiger partial charge on any atom is -0.337 e. The molecule has 2 aromatic heterocycles. The number of hydrogen-bond acceptors (Lipinski definition) is 3. The highest BCUT2D eigenvalue weighted by molar-refractivity contribution is 5.78. The van der Waals surface area contributed by atoms with E-state index < -0.39 is 0 Å². The highest BCUT2D eigenvalue weighted by Crippen LogP contribution is 2.18. The molecule has 0 amide bonds. The van der Waals surface area contributed by atoms with Crippen molar-refractivity contribution >= 4 is 11.0 Å². The fourth-order valence-corrected chi connectivity index (χ4v) is 1.52. The Labute approximate surface area is 90.2 Å². The normalized spacial score (nSPS) is 10.8. The number of imidazole rings is 1. The highest BCUT2D eigenvalue weighted by atomic mass is 19.1. The molecule has 0 atom stereocenters. The monoisotopic (exact) mass is 214 g/mol. The number of benzene rings is 1. The van der Waals surface area contributed by atoms with Crippen LogP contribution in [0.3, 0.4) is 0 Å². The van der Waals surface area contributed by atoms with Crippen molar-refractivity contribution in [2.45, 2.75) is 0 Å². The molecule has 0 spiro atoms. The molecule has 0 aliphatic carbocycles. The van der Waals surface area contributed by atoms with Crippen molar-refractivity contribution in [2.24, 2.45) is 0 Å². The molecular formula is C11H7FN4. The Hall–Kier alpha value is -2.30. The number of nitrogens with zero attached hydrogens (tertiary/aromatic N) is 3. The van der Waals surface area contributed by atoms with Crippen LogP contribution in [0, 0.1) is 5.82 Å². The van der Waals surface area contributed by atoms with Crippen molar-refractivity contribution < 1.29 is 4.39 Å². The number of H-pyrrole nitrogens is 1. The topological polar surface area (TPSA) is 54.5 Å². The zero-order valence-electron chi connectivity index (χ0n) is 8.18. The Morgan fingerprint density at radius 1 is 1.19 bits per heavy atom. The maximum absolute atomic E-state index is 13.0. The molecule has 0 radical (unpaired) electrons. The van der Waals surface area contributed by atoms with Crippen molar-refractivity contribution in [3.63, 3.8) is 0 Å². The fraction of sp³-hybridized carbons (Fsp3) is 0. The lowest BCUT2D eigenvalue weighted by atomic mass is 10.3. The molecule has 16 heavy (non-hydrogen) atoms. The molecule has 78 valence electrons. The van der Waals surface area contributed by atoms with Crippen LogP contribution < -0.4 is 0 Å². The van der Waals surface area contributed by atoms with E-state index in [4.69, 9.17) is 0 Å². The summed E-state index contributed by atoms with van der Waals surface area (Å²) in [6.07, 6.45) is 4.78. The summed E-state index contributed by atoms with van der Waals surface area (Å²) in [7, 11) is 0. The highest BCUT2D eigenvalue weighted by Gasteiger charge is 2.06. The first-order valence-corrected chi connectivity index (χ1v) is 4.74. The second-order valence-corrected chi connectivity index (χ2v) is 3.34. The van der Waals surface area contributed by atoms with E-state index in [9.17, 15) is 4.39 Å². The summed E-state index contributed by atoms with van der Waals surface area (Å²) in [5.74, 6) is 0.301. The van der Waals surface area contributed by atoms with Gasteiger partial charge in [-0.3, -0.25) is 4.98 Å². The van der Waals surface area contributed by atoms with E-state index >= 15 is 0 Å². The maximum Gasteiger partial charge on any atom is 0.158 e. The van der Waals surface area contributed by atoms with Crippen LogP contribution in [0.4, 0.5) is 4.39 Å². The number of aromatic nitrogens is 4. The van der Waals surface area contributed by atoms with E-state index in [1.807, 2.05) is 0 Å². The van der Waals surface area contributed by atoms with Crippen molar-refractivity contribution in [3.8, 4) is 11.5 Å². The zero-order valence-corrected chi connectivity index (χ0v) is 8.18. The first kappa shape index (κ1) is 8.96. The van der Waals surface area contributed by atoms with Gasteiger partial charge in [-0.05, 0) is 18.2 Å². The zero-order chi connectivity index (χ0) is 11.0. The molecule has 0 aliphatic rings. The second-order valence-electron chi connectivity index (χ2n) is 3.34. The Bertz CT molecular complexity index is 633. The van der Waals surface area contributed by atoms with Crippen molar-refractivity contribution in [1.29, 1.82) is 0 Å². The number of fused-ring (bicyclic) bond motifs is 1. The number of halogens is 1. The lowest BCUT2D eigenvalue weighted by molar-refractivity contribution is 0.629. The largest absolute Gasteiger partial charge is 0.337 e. The van der Waals surface area contributed by atoms with Gasteiger partial charge in [0.05, 0.1) is 17.2 Å². The molecule has 1 aromatic carbocycles. The number of hydrogen-bond donors (Lipinski definition) is 1. The van der Waals surface area contributed by atoms with Crippen LogP contribution in [0.2, 0.25) is 0 Å². The molecule has 2 heterocycles. The Kier molecular flexibility index (Phi) is 1.89. The maximum atomic E-state index is 13.0. The van der Waals surface area contributed by atoms with Crippen LogP contribution >= 0.6 is 0 Å². The summed E-state index contributed by atoms with van der Waals surface area (Å²) in [6.45, 7) is 0. The third kappa shape index (κ3) is 1.42. The van der Waals surface area contributed by atoms with Gasteiger partial charge in [0, 0.05) is 12.4 Å². The van der Waals surface area contributed by atoms with E-state index in [2.05, 4.69) is 19.9 Å². The average molecular weight is 214 g/mol. The minimum atomic E-state index is -0.290. The minimum absolute atomic E-state index is 0.290. The van der Waals surface area contributed by atoms with Gasteiger partial charge < -0.3 is 4.98 Å². The third-order valence-electron chi connectivity index (χ3n) is 2.25. The lowest BCUT2D eigenvalue weighted by Gasteiger charge is -1.91. The third-order valence-corrected chi connectivity index (χ3v) is 2.25. The summed E-state index contributed by atoms with van der Waals surface area (Å²) >= 11 is 0. The molecule has 0 saturated heterocycles. The summed E-state index contributed by atoms with van der Waals surface area (Å²) in [5, 5.41) is 0. The Balaban J connectivity index is 2.19.